The van der Waals surface area contributed by atoms with Crippen LogP contribution in [0.1, 0.15) is 44.0 Å². The number of benzene rings is 2. The van der Waals surface area contributed by atoms with Gasteiger partial charge in [0.2, 0.25) is 5.91 Å². The van der Waals surface area contributed by atoms with Crippen molar-refractivity contribution >= 4 is 12.0 Å². The fourth-order valence-corrected chi connectivity index (χ4v) is 3.31. The molecule has 30 heavy (non-hydrogen) atoms. The maximum atomic E-state index is 14.2. The average molecular weight is 414 g/mol. The Morgan fingerprint density at radius 1 is 1.13 bits per heavy atom. The minimum atomic E-state index is -0.916. The highest BCUT2D eigenvalue weighted by atomic mass is 19.1. The molecular weight excluding hydrogens is 387 g/mol. The molecule has 1 N–H and O–H groups in total. The van der Waals surface area contributed by atoms with E-state index in [2.05, 4.69) is 5.32 Å². The van der Waals surface area contributed by atoms with Crippen LogP contribution in [0.4, 0.5) is 9.18 Å². The molecule has 0 aromatic heterocycles. The molecule has 3 rings (SSSR count). The molecule has 1 aliphatic rings. The lowest BCUT2D eigenvalue weighted by molar-refractivity contribution is -0.141. The van der Waals surface area contributed by atoms with Gasteiger partial charge in [0, 0.05) is 12.1 Å². The summed E-state index contributed by atoms with van der Waals surface area (Å²) in [6.07, 6.45) is -1.24. The second-order valence-electron chi connectivity index (χ2n) is 8.16. The number of ether oxygens (including phenoxy) is 2. The molecule has 2 aromatic carbocycles. The zero-order valence-electron chi connectivity index (χ0n) is 17.4. The average Bonchev–Trinajstić information content (AvgIpc) is 2.71. The van der Waals surface area contributed by atoms with E-state index in [1.165, 1.54) is 6.07 Å². The summed E-state index contributed by atoms with van der Waals surface area (Å²) in [6, 6.07) is 14.4. The summed E-state index contributed by atoms with van der Waals surface area (Å²) in [7, 11) is 0. The summed E-state index contributed by atoms with van der Waals surface area (Å²) in [6.45, 7) is 6.09. The first-order valence-corrected chi connectivity index (χ1v) is 9.94. The van der Waals surface area contributed by atoms with Crippen LogP contribution in [0.5, 0.6) is 0 Å². The molecule has 1 aliphatic heterocycles. The SMILES string of the molecule is CC(C)(C)OC(=O)N[C@H](C(=O)N1CCOC(c2ccccc2F)C1)c1ccccc1. The zero-order valence-corrected chi connectivity index (χ0v) is 17.4. The number of nitrogens with one attached hydrogen (secondary N) is 1. The van der Waals surface area contributed by atoms with Gasteiger partial charge in [-0.05, 0) is 32.4 Å². The highest BCUT2D eigenvalue weighted by molar-refractivity contribution is 5.87. The van der Waals surface area contributed by atoms with Crippen molar-refractivity contribution in [2.75, 3.05) is 19.7 Å². The predicted molar refractivity (Wildman–Crippen MR) is 110 cm³/mol. The second-order valence-corrected chi connectivity index (χ2v) is 8.16. The van der Waals surface area contributed by atoms with Gasteiger partial charge in [-0.1, -0.05) is 48.5 Å². The number of rotatable bonds is 4. The van der Waals surface area contributed by atoms with Gasteiger partial charge < -0.3 is 19.7 Å². The molecule has 2 atom stereocenters. The van der Waals surface area contributed by atoms with Crippen LogP contribution in [0.25, 0.3) is 0 Å². The van der Waals surface area contributed by atoms with E-state index in [1.54, 1.807) is 68.1 Å². The number of carbonyl (C=O) groups excluding carboxylic acids is 2. The molecule has 6 nitrogen and oxygen atoms in total. The van der Waals surface area contributed by atoms with E-state index in [0.29, 0.717) is 17.7 Å². The standard InChI is InChI=1S/C23H27FN2O4/c1-23(2,3)30-22(28)25-20(16-9-5-4-6-10-16)21(27)26-13-14-29-19(15-26)17-11-7-8-12-18(17)24/h4-12,19-20H,13-15H2,1-3H3,(H,25,28)/t19?,20-/m0/s1. The van der Waals surface area contributed by atoms with Gasteiger partial charge in [0.05, 0.1) is 13.2 Å². The molecule has 1 heterocycles. The van der Waals surface area contributed by atoms with Crippen molar-refractivity contribution in [2.45, 2.75) is 38.5 Å². The monoisotopic (exact) mass is 414 g/mol. The molecule has 0 spiro atoms. The Hall–Kier alpha value is -2.93. The summed E-state index contributed by atoms with van der Waals surface area (Å²) < 4.78 is 25.2. The first kappa shape index (κ1) is 21.8. The Morgan fingerprint density at radius 2 is 1.80 bits per heavy atom. The third-order valence-electron chi connectivity index (χ3n) is 4.67. The quantitative estimate of drug-likeness (QED) is 0.821. The molecule has 2 amide bonds. The Balaban J connectivity index is 1.80. The van der Waals surface area contributed by atoms with E-state index >= 15 is 0 Å². The Labute approximate surface area is 176 Å². The van der Waals surface area contributed by atoms with Crippen molar-refractivity contribution < 1.29 is 23.5 Å². The number of halogens is 1. The van der Waals surface area contributed by atoms with Gasteiger partial charge in [-0.3, -0.25) is 4.79 Å². The van der Waals surface area contributed by atoms with Crippen LogP contribution in [-0.2, 0) is 14.3 Å². The zero-order chi connectivity index (χ0) is 21.7. The number of nitrogens with zero attached hydrogens (tertiary/aromatic N) is 1. The molecule has 1 unspecified atom stereocenters. The number of hydrogen-bond acceptors (Lipinski definition) is 4. The molecule has 1 fully saturated rings. The van der Waals surface area contributed by atoms with Gasteiger partial charge in [-0.15, -0.1) is 0 Å². The van der Waals surface area contributed by atoms with E-state index in [-0.39, 0.29) is 24.9 Å². The van der Waals surface area contributed by atoms with Crippen molar-refractivity contribution in [1.29, 1.82) is 0 Å². The first-order valence-electron chi connectivity index (χ1n) is 9.94. The van der Waals surface area contributed by atoms with Gasteiger partial charge in [-0.2, -0.15) is 0 Å². The molecule has 0 aliphatic carbocycles. The maximum Gasteiger partial charge on any atom is 0.408 e. The van der Waals surface area contributed by atoms with E-state index in [9.17, 15) is 14.0 Å². The molecule has 7 heteroatoms. The molecular formula is C23H27FN2O4. The molecule has 1 saturated heterocycles. The van der Waals surface area contributed by atoms with Gasteiger partial charge in [0.25, 0.3) is 0 Å². The van der Waals surface area contributed by atoms with Gasteiger partial charge in [0.15, 0.2) is 0 Å². The summed E-state index contributed by atoms with van der Waals surface area (Å²) in [5, 5.41) is 2.69. The highest BCUT2D eigenvalue weighted by Gasteiger charge is 2.33. The van der Waals surface area contributed by atoms with Crippen molar-refractivity contribution in [1.82, 2.24) is 10.2 Å². The van der Waals surface area contributed by atoms with Crippen LogP contribution in [0.2, 0.25) is 0 Å². The van der Waals surface area contributed by atoms with E-state index in [1.807, 2.05) is 6.07 Å². The van der Waals surface area contributed by atoms with Crippen molar-refractivity contribution in [2.24, 2.45) is 0 Å². The third-order valence-corrected chi connectivity index (χ3v) is 4.67. The van der Waals surface area contributed by atoms with Crippen molar-refractivity contribution in [3.63, 3.8) is 0 Å². The molecule has 160 valence electrons. The van der Waals surface area contributed by atoms with Gasteiger partial charge >= 0.3 is 6.09 Å². The third kappa shape index (κ3) is 5.57. The molecule has 2 aromatic rings. The second kappa shape index (κ2) is 9.26. The lowest BCUT2D eigenvalue weighted by Gasteiger charge is -2.35. The smallest absolute Gasteiger partial charge is 0.408 e. The number of hydrogen-bond donors (Lipinski definition) is 1. The van der Waals surface area contributed by atoms with Crippen LogP contribution in [0.3, 0.4) is 0 Å². The van der Waals surface area contributed by atoms with Crippen LogP contribution in [0.15, 0.2) is 54.6 Å². The lowest BCUT2D eigenvalue weighted by Crippen LogP contribution is -2.49. The van der Waals surface area contributed by atoms with Crippen LogP contribution in [-0.4, -0.2) is 42.2 Å². The van der Waals surface area contributed by atoms with E-state index in [0.717, 1.165) is 0 Å². The Morgan fingerprint density at radius 3 is 2.47 bits per heavy atom. The van der Waals surface area contributed by atoms with Crippen LogP contribution >= 0.6 is 0 Å². The normalized spacial score (nSPS) is 17.9. The fourth-order valence-electron chi connectivity index (χ4n) is 3.31. The van der Waals surface area contributed by atoms with E-state index < -0.39 is 23.8 Å². The van der Waals surface area contributed by atoms with Gasteiger partial charge in [0.1, 0.15) is 23.6 Å². The van der Waals surface area contributed by atoms with E-state index in [4.69, 9.17) is 9.47 Å². The predicted octanol–water partition coefficient (Wildman–Crippen LogP) is 3.99. The number of carbonyl (C=O) groups is 2. The Kier molecular flexibility index (Phi) is 6.72. The Bertz CT molecular complexity index is 882. The van der Waals surface area contributed by atoms with Crippen molar-refractivity contribution in [3.05, 3.63) is 71.5 Å². The molecule has 0 bridgehead atoms. The first-order chi connectivity index (χ1) is 14.2. The van der Waals surface area contributed by atoms with Gasteiger partial charge in [-0.25, -0.2) is 9.18 Å². The number of morpholine rings is 1. The van der Waals surface area contributed by atoms with Crippen LogP contribution in [0, 0.1) is 5.82 Å². The molecule has 0 saturated carbocycles. The minimum absolute atomic E-state index is 0.194. The summed E-state index contributed by atoms with van der Waals surface area (Å²) >= 11 is 0. The summed E-state index contributed by atoms with van der Waals surface area (Å²) in [5.74, 6) is -0.667. The van der Waals surface area contributed by atoms with Crippen LogP contribution < -0.4 is 5.32 Å². The minimum Gasteiger partial charge on any atom is -0.444 e. The summed E-state index contributed by atoms with van der Waals surface area (Å²) in [4.78, 5) is 27.3. The maximum absolute atomic E-state index is 14.2. The number of amides is 2. The highest BCUT2D eigenvalue weighted by Crippen LogP contribution is 2.27. The van der Waals surface area contributed by atoms with Crippen molar-refractivity contribution in [3.8, 4) is 0 Å². The largest absolute Gasteiger partial charge is 0.444 e. The lowest BCUT2D eigenvalue weighted by atomic mass is 10.0. The number of alkyl carbamates (subject to hydrolysis) is 1. The molecule has 0 radical (unpaired) electrons. The fraction of sp³-hybridized carbons (Fsp3) is 0.391. The topological polar surface area (TPSA) is 67.9 Å². The summed E-state index contributed by atoms with van der Waals surface area (Å²) in [5.41, 5.74) is 0.358.